The number of urea groups is 1. The smallest absolute Gasteiger partial charge is 0.317 e. The van der Waals surface area contributed by atoms with Crippen LogP contribution in [0.2, 0.25) is 0 Å². The zero-order valence-corrected chi connectivity index (χ0v) is 12.3. The number of amides is 3. The average molecular weight is 291 g/mol. The van der Waals surface area contributed by atoms with E-state index in [-0.39, 0.29) is 24.5 Å². The fourth-order valence-corrected chi connectivity index (χ4v) is 2.98. The van der Waals surface area contributed by atoms with Gasteiger partial charge in [0, 0.05) is 38.3 Å². The Labute approximate surface area is 123 Å². The van der Waals surface area contributed by atoms with Gasteiger partial charge in [-0.2, -0.15) is 0 Å². The first kappa shape index (κ1) is 13.9. The van der Waals surface area contributed by atoms with E-state index in [2.05, 4.69) is 20.2 Å². The molecule has 1 aromatic heterocycles. The number of nitrogens with zero attached hydrogens (tertiary/aromatic N) is 3. The zero-order valence-electron chi connectivity index (χ0n) is 12.3. The van der Waals surface area contributed by atoms with E-state index in [1.54, 1.807) is 4.90 Å². The topological polar surface area (TPSA) is 79.3 Å². The number of nitrogens with one attached hydrogen (secondary N) is 2. The number of rotatable bonds is 3. The van der Waals surface area contributed by atoms with Gasteiger partial charge >= 0.3 is 6.03 Å². The van der Waals surface area contributed by atoms with Crippen LogP contribution in [0.1, 0.15) is 24.4 Å². The van der Waals surface area contributed by atoms with Crippen molar-refractivity contribution in [3.05, 3.63) is 17.7 Å². The van der Waals surface area contributed by atoms with E-state index in [0.29, 0.717) is 13.1 Å². The first-order valence-corrected chi connectivity index (χ1v) is 7.46. The highest BCUT2D eigenvalue weighted by atomic mass is 16.2. The Hall–Kier alpha value is -2.05. The molecule has 21 heavy (non-hydrogen) atoms. The molecule has 3 amide bonds. The Bertz CT molecular complexity index is 554. The molecule has 7 nitrogen and oxygen atoms in total. The molecule has 0 bridgehead atoms. The fraction of sp³-hybridized carbons (Fsp3) is 0.643. The van der Waals surface area contributed by atoms with E-state index in [9.17, 15) is 9.59 Å². The summed E-state index contributed by atoms with van der Waals surface area (Å²) in [5.74, 6) is 1.01. The summed E-state index contributed by atoms with van der Waals surface area (Å²) in [6, 6.07) is -0.0287. The number of aromatic nitrogens is 2. The monoisotopic (exact) mass is 291 g/mol. The number of imidazole rings is 1. The quantitative estimate of drug-likeness (QED) is 0.825. The minimum Gasteiger partial charge on any atom is -0.350 e. The SMILES string of the molecule is Cc1cn2c(n1)CC[C@H](NC(=O)CN1CCCNC1=O)C2. The van der Waals surface area contributed by atoms with Crippen molar-refractivity contribution >= 4 is 11.9 Å². The summed E-state index contributed by atoms with van der Waals surface area (Å²) >= 11 is 0. The molecule has 0 aliphatic carbocycles. The molecule has 1 atom stereocenters. The van der Waals surface area contributed by atoms with E-state index < -0.39 is 0 Å². The second kappa shape index (κ2) is 5.75. The Morgan fingerprint density at radius 3 is 3.24 bits per heavy atom. The molecule has 114 valence electrons. The maximum absolute atomic E-state index is 12.1. The molecular weight excluding hydrogens is 270 g/mol. The van der Waals surface area contributed by atoms with Crippen LogP contribution < -0.4 is 10.6 Å². The highest BCUT2D eigenvalue weighted by Crippen LogP contribution is 2.15. The summed E-state index contributed by atoms with van der Waals surface area (Å²) in [6.45, 7) is 4.22. The first-order chi connectivity index (χ1) is 10.1. The van der Waals surface area contributed by atoms with E-state index >= 15 is 0 Å². The number of carbonyl (C=O) groups is 2. The predicted molar refractivity (Wildman–Crippen MR) is 76.8 cm³/mol. The van der Waals surface area contributed by atoms with Crippen molar-refractivity contribution in [2.24, 2.45) is 0 Å². The Morgan fingerprint density at radius 1 is 1.57 bits per heavy atom. The van der Waals surface area contributed by atoms with Gasteiger partial charge in [-0.25, -0.2) is 9.78 Å². The second-order valence-corrected chi connectivity index (χ2v) is 5.76. The molecule has 3 rings (SSSR count). The maximum atomic E-state index is 12.1. The molecule has 0 spiro atoms. The van der Waals surface area contributed by atoms with Crippen molar-refractivity contribution in [3.8, 4) is 0 Å². The largest absolute Gasteiger partial charge is 0.350 e. The second-order valence-electron chi connectivity index (χ2n) is 5.76. The lowest BCUT2D eigenvalue weighted by molar-refractivity contribution is -0.122. The fourth-order valence-electron chi connectivity index (χ4n) is 2.98. The van der Waals surface area contributed by atoms with Gasteiger partial charge in [-0.15, -0.1) is 0 Å². The molecule has 1 aromatic rings. The highest BCUT2D eigenvalue weighted by molar-refractivity contribution is 5.84. The van der Waals surface area contributed by atoms with Crippen LogP contribution in [0.4, 0.5) is 4.79 Å². The lowest BCUT2D eigenvalue weighted by atomic mass is 10.1. The molecule has 1 saturated heterocycles. The Morgan fingerprint density at radius 2 is 2.43 bits per heavy atom. The summed E-state index contributed by atoms with van der Waals surface area (Å²) in [7, 11) is 0. The molecule has 0 unspecified atom stereocenters. The standard InChI is InChI=1S/C14H21N5O2/c1-10-7-19-8-11(3-4-12(19)16-10)17-13(20)9-18-6-2-5-15-14(18)21/h7,11H,2-6,8-9H2,1H3,(H,15,21)(H,17,20)/t11-/m0/s1. The van der Waals surface area contributed by atoms with Crippen LogP contribution in [0.5, 0.6) is 0 Å². The van der Waals surface area contributed by atoms with E-state index in [0.717, 1.165) is 37.3 Å². The molecule has 0 radical (unpaired) electrons. The minimum atomic E-state index is -0.146. The van der Waals surface area contributed by atoms with E-state index in [1.807, 2.05) is 13.1 Å². The number of aryl methyl sites for hydroxylation is 2. The van der Waals surface area contributed by atoms with Crippen LogP contribution in [0.25, 0.3) is 0 Å². The number of hydrogen-bond donors (Lipinski definition) is 2. The molecule has 2 N–H and O–H groups in total. The third-order valence-corrected chi connectivity index (χ3v) is 3.98. The van der Waals surface area contributed by atoms with Crippen LogP contribution in [0.15, 0.2) is 6.20 Å². The Balaban J connectivity index is 1.52. The summed E-state index contributed by atoms with van der Waals surface area (Å²) in [5.41, 5.74) is 1.02. The van der Waals surface area contributed by atoms with Gasteiger partial charge in [-0.1, -0.05) is 0 Å². The van der Waals surface area contributed by atoms with Gasteiger partial charge in [0.1, 0.15) is 12.4 Å². The molecule has 2 aliphatic rings. The van der Waals surface area contributed by atoms with E-state index in [4.69, 9.17) is 0 Å². The third-order valence-electron chi connectivity index (χ3n) is 3.98. The van der Waals surface area contributed by atoms with Crippen LogP contribution >= 0.6 is 0 Å². The van der Waals surface area contributed by atoms with Crippen molar-refractivity contribution in [2.75, 3.05) is 19.6 Å². The zero-order chi connectivity index (χ0) is 14.8. The molecule has 3 heterocycles. The van der Waals surface area contributed by atoms with Gasteiger partial charge in [0.2, 0.25) is 5.91 Å². The van der Waals surface area contributed by atoms with Gasteiger partial charge in [0.25, 0.3) is 0 Å². The molecule has 0 aromatic carbocycles. The summed E-state index contributed by atoms with van der Waals surface area (Å²) < 4.78 is 2.11. The number of hydrogen-bond acceptors (Lipinski definition) is 3. The number of carbonyl (C=O) groups excluding carboxylic acids is 2. The van der Waals surface area contributed by atoms with Crippen molar-refractivity contribution in [1.82, 2.24) is 25.1 Å². The number of fused-ring (bicyclic) bond motifs is 1. The van der Waals surface area contributed by atoms with Gasteiger partial charge in [0.05, 0.1) is 5.69 Å². The van der Waals surface area contributed by atoms with Gasteiger partial charge in [0.15, 0.2) is 0 Å². The van der Waals surface area contributed by atoms with Gasteiger partial charge < -0.3 is 20.1 Å². The van der Waals surface area contributed by atoms with Gasteiger partial charge in [-0.05, 0) is 19.8 Å². The van der Waals surface area contributed by atoms with Crippen molar-refractivity contribution in [3.63, 3.8) is 0 Å². The van der Waals surface area contributed by atoms with Crippen LogP contribution in [0.3, 0.4) is 0 Å². The molecule has 1 fully saturated rings. The maximum Gasteiger partial charge on any atom is 0.317 e. The molecule has 7 heteroatoms. The lowest BCUT2D eigenvalue weighted by Crippen LogP contribution is -2.52. The summed E-state index contributed by atoms with van der Waals surface area (Å²) in [4.78, 5) is 29.7. The van der Waals surface area contributed by atoms with Gasteiger partial charge in [-0.3, -0.25) is 4.79 Å². The van der Waals surface area contributed by atoms with Crippen molar-refractivity contribution in [1.29, 1.82) is 0 Å². The normalized spacial score (nSPS) is 21.7. The first-order valence-electron chi connectivity index (χ1n) is 7.46. The average Bonchev–Trinajstić information content (AvgIpc) is 2.80. The van der Waals surface area contributed by atoms with Crippen molar-refractivity contribution in [2.45, 2.75) is 38.8 Å². The van der Waals surface area contributed by atoms with E-state index in [1.165, 1.54) is 0 Å². The summed E-state index contributed by atoms with van der Waals surface area (Å²) in [6.07, 6.45) is 4.68. The van der Waals surface area contributed by atoms with Crippen LogP contribution in [0, 0.1) is 6.92 Å². The minimum absolute atomic E-state index is 0.0858. The van der Waals surface area contributed by atoms with Crippen LogP contribution in [-0.4, -0.2) is 52.1 Å². The highest BCUT2D eigenvalue weighted by Gasteiger charge is 2.24. The molecular formula is C14H21N5O2. The molecule has 0 saturated carbocycles. The Kier molecular flexibility index (Phi) is 3.81. The lowest BCUT2D eigenvalue weighted by Gasteiger charge is -2.29. The predicted octanol–water partition coefficient (Wildman–Crippen LogP) is 0.0378. The summed E-state index contributed by atoms with van der Waals surface area (Å²) in [5, 5.41) is 5.78. The van der Waals surface area contributed by atoms with Crippen molar-refractivity contribution < 1.29 is 9.59 Å². The van der Waals surface area contributed by atoms with Crippen LogP contribution in [-0.2, 0) is 17.8 Å². The molecule has 2 aliphatic heterocycles. The third kappa shape index (κ3) is 3.17.